The van der Waals surface area contributed by atoms with E-state index in [1.165, 1.54) is 5.56 Å². The lowest BCUT2D eigenvalue weighted by atomic mass is 9.97. The highest BCUT2D eigenvalue weighted by atomic mass is 16.6. The van der Waals surface area contributed by atoms with Crippen molar-refractivity contribution in [1.29, 1.82) is 0 Å². The largest absolute Gasteiger partial charge is 0.481 e. The molecule has 0 aliphatic carbocycles. The molecule has 0 radical (unpaired) electrons. The van der Waals surface area contributed by atoms with Gasteiger partial charge in [0.25, 0.3) is 0 Å². The molecular weight excluding hydrogens is 580 g/mol. The summed E-state index contributed by atoms with van der Waals surface area (Å²) in [6.45, 7) is 16.1. The summed E-state index contributed by atoms with van der Waals surface area (Å²) < 4.78 is 28.9. The summed E-state index contributed by atoms with van der Waals surface area (Å²) in [5, 5.41) is 19.6. The second-order valence-corrected chi connectivity index (χ2v) is 11.5. The van der Waals surface area contributed by atoms with E-state index in [2.05, 4.69) is 43.3 Å². The van der Waals surface area contributed by atoms with Crippen molar-refractivity contribution < 1.29 is 38.4 Å². The van der Waals surface area contributed by atoms with Gasteiger partial charge in [-0.1, -0.05) is 57.2 Å². The van der Waals surface area contributed by atoms with E-state index in [4.69, 9.17) is 28.8 Å². The molecule has 0 aliphatic heterocycles. The molecule has 0 aliphatic rings. The Labute approximate surface area is 269 Å². The molecule has 256 valence electrons. The van der Waals surface area contributed by atoms with Crippen LogP contribution >= 0.6 is 0 Å². The maximum atomic E-state index is 11.0. The summed E-state index contributed by atoms with van der Waals surface area (Å²) in [5.41, 5.74) is 2.97. The third kappa shape index (κ3) is 21.5. The summed E-state index contributed by atoms with van der Waals surface area (Å²) in [5.74, 6) is 0.0616. The lowest BCUT2D eigenvalue weighted by molar-refractivity contribution is -0.138. The number of nitrogens with zero attached hydrogens (tertiary/aromatic N) is 3. The summed E-state index contributed by atoms with van der Waals surface area (Å²) >= 11 is 0. The van der Waals surface area contributed by atoms with Gasteiger partial charge in [0.05, 0.1) is 78.2 Å². The highest BCUT2D eigenvalue weighted by Crippen LogP contribution is 2.17. The topological polar surface area (TPSA) is 143 Å². The van der Waals surface area contributed by atoms with Crippen molar-refractivity contribution in [3.8, 4) is 0 Å². The van der Waals surface area contributed by atoms with Crippen molar-refractivity contribution >= 4 is 11.9 Å². The second-order valence-electron chi connectivity index (χ2n) is 11.5. The third-order valence-electron chi connectivity index (χ3n) is 6.51. The number of nitrogens with one attached hydrogen (secondary N) is 1. The van der Waals surface area contributed by atoms with E-state index in [0.717, 1.165) is 30.6 Å². The number of hydrogen-bond donors (Lipinski definition) is 2. The number of aliphatic carboxylic acids is 1. The van der Waals surface area contributed by atoms with Gasteiger partial charge in [0, 0.05) is 20.0 Å². The average molecular weight is 637 g/mol. The highest BCUT2D eigenvalue weighted by Gasteiger charge is 2.13. The summed E-state index contributed by atoms with van der Waals surface area (Å²) in [7, 11) is 1.61. The fourth-order valence-corrected chi connectivity index (χ4v) is 3.81. The Bertz CT molecular complexity index is 1030. The number of benzene rings is 1. The number of aryl methyl sites for hydroxylation is 1. The van der Waals surface area contributed by atoms with Gasteiger partial charge >= 0.3 is 5.97 Å². The molecule has 1 aromatic carbocycles. The Morgan fingerprint density at radius 1 is 0.800 bits per heavy atom. The molecule has 0 fully saturated rings. The van der Waals surface area contributed by atoms with Crippen LogP contribution in [0.4, 0.5) is 0 Å². The third-order valence-corrected chi connectivity index (χ3v) is 6.51. The van der Waals surface area contributed by atoms with Gasteiger partial charge in [-0.2, -0.15) is 0 Å². The van der Waals surface area contributed by atoms with Crippen molar-refractivity contribution in [2.75, 3.05) is 66.5 Å². The lowest BCUT2D eigenvalue weighted by Crippen LogP contribution is -2.20. The Balaban J connectivity index is 0.000000562. The molecule has 0 saturated carbocycles. The van der Waals surface area contributed by atoms with Crippen molar-refractivity contribution in [3.63, 3.8) is 0 Å². The minimum Gasteiger partial charge on any atom is -0.481 e. The fraction of sp³-hybridized carbons (Fsp3) is 0.697. The SMILES string of the molecule is CC(C)Cc1ccc([C@H](C)C(=O)O)cc1.CNC(=O)CCOCCOCCOCCOCCOCc1cn(CCC(C)C)nn1. The second kappa shape index (κ2) is 25.3. The first-order valence-electron chi connectivity index (χ1n) is 15.9. The number of carbonyl (C=O) groups is 2. The Kier molecular flexibility index (Phi) is 22.6. The van der Waals surface area contributed by atoms with Crippen molar-refractivity contribution in [2.45, 2.75) is 73.0 Å². The predicted octanol–water partition coefficient (Wildman–Crippen LogP) is 4.12. The van der Waals surface area contributed by atoms with E-state index in [9.17, 15) is 9.59 Å². The van der Waals surface area contributed by atoms with Crippen LogP contribution in [0.5, 0.6) is 0 Å². The molecule has 45 heavy (non-hydrogen) atoms. The van der Waals surface area contributed by atoms with Crippen LogP contribution < -0.4 is 5.32 Å². The van der Waals surface area contributed by atoms with Gasteiger partial charge in [-0.3, -0.25) is 14.3 Å². The van der Waals surface area contributed by atoms with Crippen LogP contribution in [0.25, 0.3) is 0 Å². The number of amides is 1. The molecule has 1 amide bonds. The number of rotatable bonds is 24. The van der Waals surface area contributed by atoms with Crippen LogP contribution in [-0.2, 0) is 52.8 Å². The molecule has 0 unspecified atom stereocenters. The van der Waals surface area contributed by atoms with E-state index in [1.807, 2.05) is 35.1 Å². The zero-order valence-corrected chi connectivity index (χ0v) is 28.2. The van der Waals surface area contributed by atoms with Crippen LogP contribution in [0.2, 0.25) is 0 Å². The van der Waals surface area contributed by atoms with Crippen LogP contribution in [0.3, 0.4) is 0 Å². The molecule has 2 rings (SSSR count). The molecule has 0 spiro atoms. The van der Waals surface area contributed by atoms with Gasteiger partial charge in [-0.15, -0.1) is 5.10 Å². The van der Waals surface area contributed by atoms with Crippen molar-refractivity contribution in [2.24, 2.45) is 11.8 Å². The zero-order chi connectivity index (χ0) is 33.3. The minimum absolute atomic E-state index is 0.0281. The number of ether oxygens (including phenoxy) is 5. The maximum Gasteiger partial charge on any atom is 0.310 e. The monoisotopic (exact) mass is 636 g/mol. The zero-order valence-electron chi connectivity index (χ0n) is 28.2. The normalized spacial score (nSPS) is 11.8. The standard InChI is InChI=1S/C20H38N4O6.C13H18O2/c1-18(2)4-6-24-16-19(22-23-24)17-30-15-14-29-13-12-28-11-10-27-9-8-26-7-5-20(25)21-3;1-9(2)8-11-4-6-12(7-5-11)10(3)13(14)15/h16,18H,4-15,17H2,1-3H3,(H,21,25);4-7,9-10H,8H2,1-3H3,(H,14,15)/t;10-/m.0/s1. The molecular formula is C33H56N4O8. The molecule has 12 heteroatoms. The molecule has 1 heterocycles. The molecule has 12 nitrogen and oxygen atoms in total. The van der Waals surface area contributed by atoms with E-state index in [-0.39, 0.29) is 5.91 Å². The number of carboxylic acids is 1. The van der Waals surface area contributed by atoms with Crippen molar-refractivity contribution in [1.82, 2.24) is 20.3 Å². The number of carbonyl (C=O) groups excluding carboxylic acids is 1. The van der Waals surface area contributed by atoms with E-state index in [0.29, 0.717) is 84.3 Å². The summed E-state index contributed by atoms with van der Waals surface area (Å²) in [4.78, 5) is 21.7. The number of carboxylic acid groups (broad SMARTS) is 1. The van der Waals surface area contributed by atoms with Gasteiger partial charge < -0.3 is 34.1 Å². The van der Waals surface area contributed by atoms with Crippen LogP contribution in [0.15, 0.2) is 30.5 Å². The fourth-order valence-electron chi connectivity index (χ4n) is 3.81. The predicted molar refractivity (Wildman–Crippen MR) is 172 cm³/mol. The average Bonchev–Trinajstić information content (AvgIpc) is 3.47. The summed E-state index contributed by atoms with van der Waals surface area (Å²) in [6, 6.07) is 7.87. The van der Waals surface area contributed by atoms with Gasteiger partial charge in [-0.05, 0) is 42.7 Å². The van der Waals surface area contributed by atoms with E-state index >= 15 is 0 Å². The Morgan fingerprint density at radius 3 is 1.82 bits per heavy atom. The van der Waals surface area contributed by atoms with Crippen LogP contribution in [0, 0.1) is 11.8 Å². The number of hydrogen-bond acceptors (Lipinski definition) is 9. The minimum atomic E-state index is -0.772. The van der Waals surface area contributed by atoms with E-state index < -0.39 is 11.9 Å². The smallest absolute Gasteiger partial charge is 0.310 e. The molecule has 0 bridgehead atoms. The Hall–Kier alpha value is -2.90. The van der Waals surface area contributed by atoms with Gasteiger partial charge in [0.2, 0.25) is 5.91 Å². The lowest BCUT2D eigenvalue weighted by Gasteiger charge is -2.09. The molecule has 1 aromatic heterocycles. The van der Waals surface area contributed by atoms with Crippen molar-refractivity contribution in [3.05, 3.63) is 47.3 Å². The Morgan fingerprint density at radius 2 is 1.33 bits per heavy atom. The quantitative estimate of drug-likeness (QED) is 0.162. The highest BCUT2D eigenvalue weighted by molar-refractivity contribution is 5.75. The first kappa shape index (κ1) is 40.1. The molecule has 1 atom stereocenters. The first-order chi connectivity index (χ1) is 21.6. The first-order valence-corrected chi connectivity index (χ1v) is 15.9. The van der Waals surface area contributed by atoms with Gasteiger partial charge in [-0.25, -0.2) is 0 Å². The molecule has 0 saturated heterocycles. The van der Waals surface area contributed by atoms with Crippen LogP contribution in [-0.4, -0.2) is 98.5 Å². The van der Waals surface area contributed by atoms with Gasteiger partial charge in [0.1, 0.15) is 5.69 Å². The maximum absolute atomic E-state index is 11.0. The van der Waals surface area contributed by atoms with Gasteiger partial charge in [0.15, 0.2) is 0 Å². The molecule has 2 N–H and O–H groups in total. The number of aromatic nitrogens is 3. The summed E-state index contributed by atoms with van der Waals surface area (Å²) in [6.07, 6.45) is 4.42. The van der Waals surface area contributed by atoms with E-state index in [1.54, 1.807) is 14.0 Å². The molecule has 2 aromatic rings. The van der Waals surface area contributed by atoms with Crippen LogP contribution in [0.1, 0.15) is 70.2 Å².